The molecule has 0 radical (unpaired) electrons. The summed E-state index contributed by atoms with van der Waals surface area (Å²) in [5.74, 6) is 2.49. The van der Waals surface area contributed by atoms with Gasteiger partial charge in [0, 0.05) is 44.6 Å². The second kappa shape index (κ2) is 6.53. The molecule has 7 heteroatoms. The molecule has 0 saturated carbocycles. The van der Waals surface area contributed by atoms with Crippen molar-refractivity contribution in [3.63, 3.8) is 0 Å². The average molecular weight is 288 g/mol. The lowest BCUT2D eigenvalue weighted by atomic mass is 10.1. The summed E-state index contributed by atoms with van der Waals surface area (Å²) in [6.45, 7) is 2.41. The lowest BCUT2D eigenvalue weighted by Gasteiger charge is -2.30. The summed E-state index contributed by atoms with van der Waals surface area (Å²) in [6, 6.07) is 1.91. The predicted molar refractivity (Wildman–Crippen MR) is 80.3 cm³/mol. The van der Waals surface area contributed by atoms with E-state index >= 15 is 0 Å². The third-order valence-electron chi connectivity index (χ3n) is 3.63. The topological polar surface area (TPSA) is 90.0 Å². The maximum atomic E-state index is 9.55. The van der Waals surface area contributed by atoms with Gasteiger partial charge in [0.15, 0.2) is 0 Å². The van der Waals surface area contributed by atoms with Crippen LogP contribution in [0.25, 0.3) is 0 Å². The van der Waals surface area contributed by atoms with Crippen molar-refractivity contribution in [3.05, 3.63) is 30.5 Å². The van der Waals surface area contributed by atoms with Crippen molar-refractivity contribution in [1.29, 1.82) is 0 Å². The van der Waals surface area contributed by atoms with E-state index in [1.165, 1.54) is 0 Å². The van der Waals surface area contributed by atoms with Crippen LogP contribution in [0.1, 0.15) is 18.7 Å². The number of aliphatic hydroxyl groups is 1. The van der Waals surface area contributed by atoms with Gasteiger partial charge in [0.1, 0.15) is 11.6 Å². The molecule has 0 aromatic carbocycles. The van der Waals surface area contributed by atoms with Gasteiger partial charge in [-0.1, -0.05) is 0 Å². The zero-order chi connectivity index (χ0) is 14.5. The largest absolute Gasteiger partial charge is 0.393 e. The van der Waals surface area contributed by atoms with Gasteiger partial charge >= 0.3 is 0 Å². The summed E-state index contributed by atoms with van der Waals surface area (Å²) in [5, 5.41) is 12.8. The van der Waals surface area contributed by atoms with Crippen LogP contribution in [0.4, 0.5) is 11.8 Å². The molecule has 0 spiro atoms. The van der Waals surface area contributed by atoms with Gasteiger partial charge in [-0.05, 0) is 18.9 Å². The maximum absolute atomic E-state index is 9.55. The van der Waals surface area contributed by atoms with E-state index in [0.717, 1.165) is 50.5 Å². The van der Waals surface area contributed by atoms with E-state index in [2.05, 4.69) is 30.2 Å². The molecule has 112 valence electrons. The molecule has 0 bridgehead atoms. The quantitative estimate of drug-likeness (QED) is 0.754. The Balaban J connectivity index is 1.55. The molecule has 1 aliphatic rings. The number of nitrogens with zero attached hydrogens (tertiary/aromatic N) is 4. The number of aromatic amines is 1. The van der Waals surface area contributed by atoms with Crippen molar-refractivity contribution < 1.29 is 5.11 Å². The first-order valence-corrected chi connectivity index (χ1v) is 7.29. The monoisotopic (exact) mass is 288 g/mol. The molecule has 3 rings (SSSR count). The predicted octanol–water partition coefficient (Wildman–Crippen LogP) is 0.815. The van der Waals surface area contributed by atoms with E-state index in [0.29, 0.717) is 5.95 Å². The number of piperidine rings is 1. The highest BCUT2D eigenvalue weighted by atomic mass is 16.3. The van der Waals surface area contributed by atoms with Gasteiger partial charge in [0.05, 0.1) is 6.10 Å². The van der Waals surface area contributed by atoms with Crippen molar-refractivity contribution >= 4 is 11.8 Å². The summed E-state index contributed by atoms with van der Waals surface area (Å²) in [6.07, 6.45) is 7.55. The summed E-state index contributed by atoms with van der Waals surface area (Å²) < 4.78 is 0. The fourth-order valence-corrected chi connectivity index (χ4v) is 2.43. The van der Waals surface area contributed by atoms with Crippen molar-refractivity contribution in [1.82, 2.24) is 19.9 Å². The van der Waals surface area contributed by atoms with Crippen LogP contribution in [-0.2, 0) is 6.42 Å². The standard InChI is InChI=1S/C14H20N6O/c21-11-3-9-20(10-4-11)13-2-6-18-14(19-13)17-5-1-12-15-7-8-16-12/h2,6-8,11,21H,1,3-5,9-10H2,(H,15,16)(H,17,18,19). The molecular weight excluding hydrogens is 268 g/mol. The van der Waals surface area contributed by atoms with Gasteiger partial charge in [-0.2, -0.15) is 4.98 Å². The normalized spacial score (nSPS) is 16.1. The lowest BCUT2D eigenvalue weighted by Crippen LogP contribution is -2.36. The van der Waals surface area contributed by atoms with Crippen molar-refractivity contribution in [2.24, 2.45) is 0 Å². The van der Waals surface area contributed by atoms with Crippen molar-refractivity contribution in [3.8, 4) is 0 Å². The zero-order valence-electron chi connectivity index (χ0n) is 11.9. The van der Waals surface area contributed by atoms with Crippen molar-refractivity contribution in [2.45, 2.75) is 25.4 Å². The van der Waals surface area contributed by atoms with Crippen LogP contribution in [0, 0.1) is 0 Å². The van der Waals surface area contributed by atoms with Gasteiger partial charge in [-0.3, -0.25) is 0 Å². The van der Waals surface area contributed by atoms with Gasteiger partial charge < -0.3 is 20.3 Å². The van der Waals surface area contributed by atoms with Gasteiger partial charge in [-0.25, -0.2) is 9.97 Å². The Kier molecular flexibility index (Phi) is 4.30. The smallest absolute Gasteiger partial charge is 0.224 e. The second-order valence-corrected chi connectivity index (χ2v) is 5.17. The number of imidazole rings is 1. The number of anilines is 2. The fraction of sp³-hybridized carbons (Fsp3) is 0.500. The minimum atomic E-state index is -0.172. The van der Waals surface area contributed by atoms with Crippen LogP contribution < -0.4 is 10.2 Å². The Labute approximate surface area is 123 Å². The van der Waals surface area contributed by atoms with Crippen LogP contribution in [0.3, 0.4) is 0 Å². The Hall–Kier alpha value is -2.15. The molecule has 0 amide bonds. The summed E-state index contributed by atoms with van der Waals surface area (Å²) in [4.78, 5) is 18.2. The SMILES string of the molecule is OC1CCN(c2ccnc(NCCc3ncc[nH]3)n2)CC1. The molecule has 1 aliphatic heterocycles. The molecule has 3 heterocycles. The van der Waals surface area contributed by atoms with Gasteiger partial charge in [-0.15, -0.1) is 0 Å². The van der Waals surface area contributed by atoms with Crippen molar-refractivity contribution in [2.75, 3.05) is 29.9 Å². The van der Waals surface area contributed by atoms with E-state index in [1.54, 1.807) is 12.4 Å². The number of rotatable bonds is 5. The third-order valence-corrected chi connectivity index (χ3v) is 3.63. The van der Waals surface area contributed by atoms with E-state index in [4.69, 9.17) is 0 Å². The molecule has 21 heavy (non-hydrogen) atoms. The number of hydrogen-bond acceptors (Lipinski definition) is 6. The van der Waals surface area contributed by atoms with E-state index < -0.39 is 0 Å². The minimum absolute atomic E-state index is 0.172. The summed E-state index contributed by atoms with van der Waals surface area (Å²) in [7, 11) is 0. The molecule has 2 aromatic rings. The highest BCUT2D eigenvalue weighted by molar-refractivity contribution is 5.42. The Morgan fingerprint density at radius 3 is 2.90 bits per heavy atom. The minimum Gasteiger partial charge on any atom is -0.393 e. The van der Waals surface area contributed by atoms with E-state index in [9.17, 15) is 5.11 Å². The number of aromatic nitrogens is 4. The molecule has 0 unspecified atom stereocenters. The van der Waals surface area contributed by atoms with Crippen LogP contribution in [-0.4, -0.2) is 50.8 Å². The Morgan fingerprint density at radius 2 is 2.14 bits per heavy atom. The maximum Gasteiger partial charge on any atom is 0.224 e. The molecule has 3 N–H and O–H groups in total. The molecular formula is C14H20N6O. The number of aliphatic hydroxyl groups excluding tert-OH is 1. The first-order chi connectivity index (χ1) is 10.3. The second-order valence-electron chi connectivity index (χ2n) is 5.17. The van der Waals surface area contributed by atoms with Crippen LogP contribution in [0.5, 0.6) is 0 Å². The first-order valence-electron chi connectivity index (χ1n) is 7.29. The highest BCUT2D eigenvalue weighted by Crippen LogP contribution is 2.18. The lowest BCUT2D eigenvalue weighted by molar-refractivity contribution is 0.145. The summed E-state index contributed by atoms with van der Waals surface area (Å²) >= 11 is 0. The fourth-order valence-electron chi connectivity index (χ4n) is 2.43. The third kappa shape index (κ3) is 3.69. The average Bonchev–Trinajstić information content (AvgIpc) is 3.02. The van der Waals surface area contributed by atoms with E-state index in [-0.39, 0.29) is 6.10 Å². The Morgan fingerprint density at radius 1 is 1.29 bits per heavy atom. The van der Waals surface area contributed by atoms with Crippen LogP contribution in [0.15, 0.2) is 24.7 Å². The molecule has 0 aliphatic carbocycles. The number of hydrogen-bond donors (Lipinski definition) is 3. The zero-order valence-corrected chi connectivity index (χ0v) is 11.9. The summed E-state index contributed by atoms with van der Waals surface area (Å²) in [5.41, 5.74) is 0. The van der Waals surface area contributed by atoms with Crippen LogP contribution in [0.2, 0.25) is 0 Å². The number of nitrogens with one attached hydrogen (secondary N) is 2. The van der Waals surface area contributed by atoms with Gasteiger partial charge in [0.25, 0.3) is 0 Å². The Bertz CT molecular complexity index is 550. The van der Waals surface area contributed by atoms with Gasteiger partial charge in [0.2, 0.25) is 5.95 Å². The molecule has 0 atom stereocenters. The molecule has 2 aromatic heterocycles. The number of H-pyrrole nitrogens is 1. The molecule has 1 fully saturated rings. The van der Waals surface area contributed by atoms with Crippen LogP contribution >= 0.6 is 0 Å². The van der Waals surface area contributed by atoms with E-state index in [1.807, 2.05) is 12.3 Å². The first kappa shape index (κ1) is 13.8. The highest BCUT2D eigenvalue weighted by Gasteiger charge is 2.18. The molecule has 1 saturated heterocycles. The molecule has 7 nitrogen and oxygen atoms in total.